The summed E-state index contributed by atoms with van der Waals surface area (Å²) in [4.78, 5) is 22.5. The van der Waals surface area contributed by atoms with Crippen molar-refractivity contribution in [1.82, 2.24) is 0 Å². The third-order valence-electron chi connectivity index (χ3n) is 2.46. The Morgan fingerprint density at radius 1 is 1.31 bits per heavy atom. The van der Waals surface area contributed by atoms with E-state index < -0.39 is 5.97 Å². The minimum Gasteiger partial charge on any atom is -0.465 e. The summed E-state index contributed by atoms with van der Waals surface area (Å²) in [5.41, 5.74) is -0.00519. The minimum atomic E-state index is -0.600. The van der Waals surface area contributed by atoms with E-state index >= 15 is 0 Å². The molecular formula is C10H14O3. The number of carbonyl (C=O) groups is 2. The Kier molecular flexibility index (Phi) is 3.23. The first-order chi connectivity index (χ1) is 6.16. The smallest absolute Gasteiger partial charge is 0.340 e. The molecule has 1 saturated carbocycles. The molecule has 0 amide bonds. The van der Waals surface area contributed by atoms with Crippen LogP contribution in [0.1, 0.15) is 25.7 Å². The molecule has 0 unspecified atom stereocenters. The number of carbonyl (C=O) groups excluding carboxylic acids is 2. The van der Waals surface area contributed by atoms with E-state index in [-0.39, 0.29) is 17.3 Å². The number of ketones is 1. The predicted octanol–water partition coefficient (Wildman–Crippen LogP) is 1.47. The first-order valence-corrected chi connectivity index (χ1v) is 4.48. The quantitative estimate of drug-likeness (QED) is 0.287. The van der Waals surface area contributed by atoms with Gasteiger partial charge in [0.05, 0.1) is 12.7 Å². The van der Waals surface area contributed by atoms with Gasteiger partial charge < -0.3 is 4.74 Å². The van der Waals surface area contributed by atoms with Crippen LogP contribution in [0.3, 0.4) is 0 Å². The molecule has 1 aliphatic carbocycles. The maximum absolute atomic E-state index is 11.5. The van der Waals surface area contributed by atoms with Crippen LogP contribution in [0.5, 0.6) is 0 Å². The Balaban J connectivity index is 2.56. The summed E-state index contributed by atoms with van der Waals surface area (Å²) in [6, 6.07) is 0. The summed E-state index contributed by atoms with van der Waals surface area (Å²) in [6.45, 7) is 3.45. The molecule has 0 N–H and O–H groups in total. The van der Waals surface area contributed by atoms with Crippen LogP contribution in [0.25, 0.3) is 0 Å². The van der Waals surface area contributed by atoms with Gasteiger partial charge >= 0.3 is 5.97 Å². The molecule has 3 heteroatoms. The van der Waals surface area contributed by atoms with Gasteiger partial charge in [-0.3, -0.25) is 4.79 Å². The predicted molar refractivity (Wildman–Crippen MR) is 48.1 cm³/mol. The molecule has 0 spiro atoms. The Morgan fingerprint density at radius 3 is 2.31 bits per heavy atom. The molecule has 0 aliphatic heterocycles. The maximum Gasteiger partial charge on any atom is 0.340 e. The zero-order valence-electron chi connectivity index (χ0n) is 7.84. The summed E-state index contributed by atoms with van der Waals surface area (Å²) < 4.78 is 4.43. The van der Waals surface area contributed by atoms with Crippen LogP contribution in [0.2, 0.25) is 0 Å². The highest BCUT2D eigenvalue weighted by atomic mass is 16.5. The van der Waals surface area contributed by atoms with Gasteiger partial charge in [-0.15, -0.1) is 0 Å². The number of methoxy groups -OCH3 is 1. The van der Waals surface area contributed by atoms with E-state index in [4.69, 9.17) is 0 Å². The lowest BCUT2D eigenvalue weighted by Gasteiger charge is -2.07. The molecule has 0 saturated heterocycles. The standard InChI is InChI=1S/C10H14O3/c1-7(10(12)13-2)9(11)8-5-3-4-6-8/h8H,1,3-6H2,2H3. The highest BCUT2D eigenvalue weighted by Gasteiger charge is 2.27. The highest BCUT2D eigenvalue weighted by molar-refractivity contribution is 6.17. The monoisotopic (exact) mass is 182 g/mol. The van der Waals surface area contributed by atoms with E-state index in [1.807, 2.05) is 0 Å². The third-order valence-corrected chi connectivity index (χ3v) is 2.46. The van der Waals surface area contributed by atoms with Crippen molar-refractivity contribution >= 4 is 11.8 Å². The van der Waals surface area contributed by atoms with Crippen molar-refractivity contribution in [3.63, 3.8) is 0 Å². The maximum atomic E-state index is 11.5. The zero-order chi connectivity index (χ0) is 9.84. The second-order valence-corrected chi connectivity index (χ2v) is 3.32. The molecule has 0 heterocycles. The fraction of sp³-hybridized carbons (Fsp3) is 0.600. The number of Topliss-reactive ketones (excluding diaryl/α,β-unsaturated/α-hetero) is 1. The Bertz CT molecular complexity index is 237. The lowest BCUT2D eigenvalue weighted by Crippen LogP contribution is -2.19. The first kappa shape index (κ1) is 9.96. The van der Waals surface area contributed by atoms with Gasteiger partial charge in [0.2, 0.25) is 0 Å². The molecular weight excluding hydrogens is 168 g/mol. The van der Waals surface area contributed by atoms with E-state index in [1.165, 1.54) is 7.11 Å². The highest BCUT2D eigenvalue weighted by Crippen LogP contribution is 2.27. The van der Waals surface area contributed by atoms with Gasteiger partial charge in [-0.05, 0) is 12.8 Å². The molecule has 0 atom stereocenters. The molecule has 0 aromatic heterocycles. The zero-order valence-corrected chi connectivity index (χ0v) is 7.84. The topological polar surface area (TPSA) is 43.4 Å². The fourth-order valence-electron chi connectivity index (χ4n) is 1.66. The second kappa shape index (κ2) is 4.21. The summed E-state index contributed by atoms with van der Waals surface area (Å²) >= 11 is 0. The van der Waals surface area contributed by atoms with E-state index in [2.05, 4.69) is 11.3 Å². The summed E-state index contributed by atoms with van der Waals surface area (Å²) in [7, 11) is 1.26. The summed E-state index contributed by atoms with van der Waals surface area (Å²) in [6.07, 6.45) is 3.92. The van der Waals surface area contributed by atoms with Crippen LogP contribution in [-0.4, -0.2) is 18.9 Å². The minimum absolute atomic E-state index is 0.00519. The van der Waals surface area contributed by atoms with Crippen LogP contribution in [0.4, 0.5) is 0 Å². The lowest BCUT2D eigenvalue weighted by molar-refractivity contribution is -0.138. The molecule has 13 heavy (non-hydrogen) atoms. The molecule has 72 valence electrons. The second-order valence-electron chi connectivity index (χ2n) is 3.32. The summed E-state index contributed by atoms with van der Waals surface area (Å²) in [5, 5.41) is 0. The van der Waals surface area contributed by atoms with Gasteiger partial charge in [-0.25, -0.2) is 4.79 Å². The van der Waals surface area contributed by atoms with Gasteiger partial charge in [-0.2, -0.15) is 0 Å². The normalized spacial score (nSPS) is 17.0. The van der Waals surface area contributed by atoms with Gasteiger partial charge in [0, 0.05) is 5.92 Å². The number of hydrogen-bond acceptors (Lipinski definition) is 3. The first-order valence-electron chi connectivity index (χ1n) is 4.48. The molecule has 0 aromatic rings. The lowest BCUT2D eigenvalue weighted by atomic mass is 9.97. The largest absolute Gasteiger partial charge is 0.465 e. The van der Waals surface area contributed by atoms with Crippen LogP contribution < -0.4 is 0 Å². The molecule has 0 aromatic carbocycles. The Labute approximate surface area is 77.8 Å². The van der Waals surface area contributed by atoms with Crippen LogP contribution in [-0.2, 0) is 14.3 Å². The molecule has 3 nitrogen and oxygen atoms in total. The number of rotatable bonds is 3. The van der Waals surface area contributed by atoms with E-state index in [0.717, 1.165) is 25.7 Å². The van der Waals surface area contributed by atoms with E-state index in [9.17, 15) is 9.59 Å². The Morgan fingerprint density at radius 2 is 1.85 bits per heavy atom. The fourth-order valence-corrected chi connectivity index (χ4v) is 1.66. The van der Waals surface area contributed by atoms with Crippen molar-refractivity contribution in [2.45, 2.75) is 25.7 Å². The van der Waals surface area contributed by atoms with Crippen molar-refractivity contribution in [2.24, 2.45) is 5.92 Å². The third kappa shape index (κ3) is 2.17. The molecule has 0 bridgehead atoms. The number of hydrogen-bond donors (Lipinski definition) is 0. The van der Waals surface area contributed by atoms with E-state index in [1.54, 1.807) is 0 Å². The molecule has 1 rings (SSSR count). The number of ether oxygens (including phenoxy) is 1. The Hall–Kier alpha value is -1.12. The average Bonchev–Trinajstić information content (AvgIpc) is 2.67. The van der Waals surface area contributed by atoms with Gasteiger partial charge in [0.1, 0.15) is 0 Å². The van der Waals surface area contributed by atoms with Crippen molar-refractivity contribution < 1.29 is 14.3 Å². The van der Waals surface area contributed by atoms with Crippen molar-refractivity contribution in [3.05, 3.63) is 12.2 Å². The summed E-state index contributed by atoms with van der Waals surface area (Å²) in [5.74, 6) is -0.729. The molecule has 1 aliphatic rings. The van der Waals surface area contributed by atoms with Crippen LogP contribution in [0.15, 0.2) is 12.2 Å². The van der Waals surface area contributed by atoms with Crippen LogP contribution in [0, 0.1) is 5.92 Å². The average molecular weight is 182 g/mol. The van der Waals surface area contributed by atoms with Gasteiger partial charge in [0.15, 0.2) is 5.78 Å². The van der Waals surface area contributed by atoms with Crippen molar-refractivity contribution in [3.8, 4) is 0 Å². The van der Waals surface area contributed by atoms with Gasteiger partial charge in [-0.1, -0.05) is 19.4 Å². The van der Waals surface area contributed by atoms with Gasteiger partial charge in [0.25, 0.3) is 0 Å². The molecule has 0 radical (unpaired) electrons. The number of esters is 1. The molecule has 1 fully saturated rings. The van der Waals surface area contributed by atoms with Crippen LogP contribution >= 0.6 is 0 Å². The SMILES string of the molecule is C=C(C(=O)OC)C(=O)C1CCCC1. The van der Waals surface area contributed by atoms with Crippen molar-refractivity contribution in [1.29, 1.82) is 0 Å². The van der Waals surface area contributed by atoms with E-state index in [0.29, 0.717) is 0 Å². The van der Waals surface area contributed by atoms with Crippen molar-refractivity contribution in [2.75, 3.05) is 7.11 Å².